The largest absolute Gasteiger partial charge is 0.490 e. The SMILES string of the molecule is Cc1cc(C(=O)CN2CCCC(c3cncn3C)C2)c(C)n1CC1COc2ccccc2O1.O=C(O)C(F)(F)F. The van der Waals surface area contributed by atoms with E-state index in [1.165, 1.54) is 5.69 Å². The Bertz CT molecular complexity index is 1350. The fourth-order valence-corrected chi connectivity index (χ4v) is 5.21. The van der Waals surface area contributed by atoms with Gasteiger partial charge in [0, 0.05) is 48.4 Å². The molecule has 2 atom stereocenters. The number of piperidine rings is 1. The number of para-hydroxylation sites is 2. The molecule has 4 heterocycles. The van der Waals surface area contributed by atoms with E-state index in [4.69, 9.17) is 19.4 Å². The quantitative estimate of drug-likeness (QED) is 0.446. The molecule has 216 valence electrons. The normalized spacial score (nSPS) is 19.1. The molecule has 12 heteroatoms. The van der Waals surface area contributed by atoms with Crippen molar-refractivity contribution in [3.05, 3.63) is 65.5 Å². The molecule has 0 radical (unpaired) electrons. The first kappa shape index (κ1) is 29.2. The predicted molar refractivity (Wildman–Crippen MR) is 140 cm³/mol. The number of rotatable bonds is 6. The van der Waals surface area contributed by atoms with Gasteiger partial charge < -0.3 is 23.7 Å². The summed E-state index contributed by atoms with van der Waals surface area (Å²) in [6, 6.07) is 9.78. The lowest BCUT2D eigenvalue weighted by atomic mass is 9.94. The maximum Gasteiger partial charge on any atom is 0.490 e. The van der Waals surface area contributed by atoms with Crippen LogP contribution in [0.25, 0.3) is 0 Å². The maximum absolute atomic E-state index is 13.3. The van der Waals surface area contributed by atoms with E-state index >= 15 is 0 Å². The summed E-state index contributed by atoms with van der Waals surface area (Å²) >= 11 is 0. The Labute approximate surface area is 230 Å². The van der Waals surface area contributed by atoms with Crippen LogP contribution in [0.5, 0.6) is 11.5 Å². The molecule has 40 heavy (non-hydrogen) atoms. The number of carbonyl (C=O) groups excluding carboxylic acids is 1. The molecule has 5 rings (SSSR count). The first-order valence-electron chi connectivity index (χ1n) is 13.0. The second-order valence-electron chi connectivity index (χ2n) is 10.1. The zero-order chi connectivity index (χ0) is 29.0. The van der Waals surface area contributed by atoms with Crippen LogP contribution in [0, 0.1) is 13.8 Å². The summed E-state index contributed by atoms with van der Waals surface area (Å²) in [5.41, 5.74) is 4.14. The van der Waals surface area contributed by atoms with E-state index < -0.39 is 12.1 Å². The summed E-state index contributed by atoms with van der Waals surface area (Å²) in [7, 11) is 2.04. The highest BCUT2D eigenvalue weighted by atomic mass is 19.4. The standard InChI is InChI=1S/C26H32N4O3.C2HF3O2/c1-18-11-22(19(2)30(18)14-21-16-32-25-8-4-5-9-26(25)33-21)24(31)15-29-10-6-7-20(13-29)23-12-27-17-28(23)3;3-2(4,5)1(6)7/h4-5,8-9,11-12,17,20-21H,6-7,10,13-16H2,1-3H3;(H,6,7). The van der Waals surface area contributed by atoms with Crippen LogP contribution in [0.15, 0.2) is 42.9 Å². The maximum atomic E-state index is 13.3. The molecular weight excluding hydrogens is 529 g/mol. The van der Waals surface area contributed by atoms with Gasteiger partial charge in [-0.3, -0.25) is 9.69 Å². The van der Waals surface area contributed by atoms with Crippen molar-refractivity contribution in [2.45, 2.75) is 51.4 Å². The third kappa shape index (κ3) is 6.85. The van der Waals surface area contributed by atoms with Crippen molar-refractivity contribution < 1.29 is 37.3 Å². The van der Waals surface area contributed by atoms with Crippen molar-refractivity contribution in [1.82, 2.24) is 19.0 Å². The topological polar surface area (TPSA) is 98.8 Å². The molecule has 3 aromatic rings. The lowest BCUT2D eigenvalue weighted by Crippen LogP contribution is -2.38. The number of hydrogen-bond donors (Lipinski definition) is 1. The number of fused-ring (bicyclic) bond motifs is 1. The Hall–Kier alpha value is -3.80. The fraction of sp³-hybridized carbons (Fsp3) is 0.464. The lowest BCUT2D eigenvalue weighted by Gasteiger charge is -2.32. The number of alkyl halides is 3. The summed E-state index contributed by atoms with van der Waals surface area (Å²) < 4.78 is 48.0. The number of aromatic nitrogens is 3. The molecular formula is C28H33F3N4O5. The summed E-state index contributed by atoms with van der Waals surface area (Å²) in [6.07, 6.45) is 0.885. The minimum atomic E-state index is -5.08. The predicted octanol–water partition coefficient (Wildman–Crippen LogP) is 4.37. The fourth-order valence-electron chi connectivity index (χ4n) is 5.21. The number of aliphatic carboxylic acids is 1. The molecule has 2 aliphatic rings. The van der Waals surface area contributed by atoms with Gasteiger partial charge in [0.25, 0.3) is 0 Å². The molecule has 2 unspecified atom stereocenters. The number of halogens is 3. The van der Waals surface area contributed by atoms with Gasteiger partial charge in [0.15, 0.2) is 23.4 Å². The Balaban J connectivity index is 0.000000470. The zero-order valence-electron chi connectivity index (χ0n) is 22.6. The summed E-state index contributed by atoms with van der Waals surface area (Å²) in [5, 5.41) is 7.12. The summed E-state index contributed by atoms with van der Waals surface area (Å²) in [5.74, 6) is -0.575. The van der Waals surface area contributed by atoms with Gasteiger partial charge >= 0.3 is 12.1 Å². The number of carboxylic acids is 1. The highest BCUT2D eigenvalue weighted by molar-refractivity contribution is 5.99. The third-order valence-electron chi connectivity index (χ3n) is 7.22. The number of carboxylic acid groups (broad SMARTS) is 1. The Morgan fingerprint density at radius 3 is 2.52 bits per heavy atom. The number of aryl methyl sites for hydroxylation is 2. The van der Waals surface area contributed by atoms with Crippen LogP contribution < -0.4 is 9.47 Å². The molecule has 0 bridgehead atoms. The van der Waals surface area contributed by atoms with Crippen LogP contribution in [0.4, 0.5) is 13.2 Å². The van der Waals surface area contributed by atoms with E-state index in [1.54, 1.807) is 0 Å². The van der Waals surface area contributed by atoms with Crippen LogP contribution in [-0.4, -0.2) is 74.4 Å². The van der Waals surface area contributed by atoms with Gasteiger partial charge in [0.05, 0.1) is 19.4 Å². The first-order chi connectivity index (χ1) is 18.9. The number of likely N-dealkylation sites (tertiary alicyclic amines) is 1. The molecule has 0 spiro atoms. The molecule has 1 fully saturated rings. The Kier molecular flexibility index (Phi) is 8.87. The van der Waals surface area contributed by atoms with Gasteiger partial charge in [-0.2, -0.15) is 13.2 Å². The molecule has 0 saturated carbocycles. The average Bonchev–Trinajstić information content (AvgIpc) is 3.46. The molecule has 2 aromatic heterocycles. The van der Waals surface area contributed by atoms with E-state index in [0.29, 0.717) is 25.6 Å². The van der Waals surface area contributed by atoms with E-state index in [2.05, 4.69) is 25.9 Å². The van der Waals surface area contributed by atoms with Crippen molar-refractivity contribution in [1.29, 1.82) is 0 Å². The van der Waals surface area contributed by atoms with Gasteiger partial charge in [-0.1, -0.05) is 12.1 Å². The number of ether oxygens (including phenoxy) is 2. The first-order valence-corrected chi connectivity index (χ1v) is 13.0. The molecule has 1 saturated heterocycles. The van der Waals surface area contributed by atoms with Gasteiger partial charge in [-0.05, 0) is 51.4 Å². The van der Waals surface area contributed by atoms with Crippen LogP contribution in [-0.2, 0) is 18.4 Å². The number of imidazole rings is 1. The zero-order valence-corrected chi connectivity index (χ0v) is 22.6. The van der Waals surface area contributed by atoms with Crippen LogP contribution in [0.3, 0.4) is 0 Å². The smallest absolute Gasteiger partial charge is 0.486 e. The number of Topliss-reactive ketones (excluding diaryl/α,β-unsaturated/α-hetero) is 1. The van der Waals surface area contributed by atoms with Crippen molar-refractivity contribution in [3.8, 4) is 11.5 Å². The van der Waals surface area contributed by atoms with Gasteiger partial charge in [0.2, 0.25) is 0 Å². The lowest BCUT2D eigenvalue weighted by molar-refractivity contribution is -0.192. The molecule has 1 N–H and O–H groups in total. The van der Waals surface area contributed by atoms with E-state index in [-0.39, 0.29) is 11.9 Å². The number of hydrogen-bond acceptors (Lipinski definition) is 6. The van der Waals surface area contributed by atoms with Gasteiger partial charge in [-0.15, -0.1) is 0 Å². The van der Waals surface area contributed by atoms with Crippen molar-refractivity contribution in [3.63, 3.8) is 0 Å². The van der Waals surface area contributed by atoms with E-state index in [0.717, 1.165) is 54.4 Å². The average molecular weight is 563 g/mol. The Morgan fingerprint density at radius 1 is 1.18 bits per heavy atom. The monoisotopic (exact) mass is 562 g/mol. The van der Waals surface area contributed by atoms with Crippen molar-refractivity contribution >= 4 is 11.8 Å². The molecule has 1 aromatic carbocycles. The van der Waals surface area contributed by atoms with Gasteiger partial charge in [0.1, 0.15) is 6.61 Å². The molecule has 0 aliphatic carbocycles. The summed E-state index contributed by atoms with van der Waals surface area (Å²) in [6.45, 7) is 7.57. The third-order valence-corrected chi connectivity index (χ3v) is 7.22. The van der Waals surface area contributed by atoms with Gasteiger partial charge in [-0.25, -0.2) is 9.78 Å². The number of ketones is 1. The highest BCUT2D eigenvalue weighted by Gasteiger charge is 2.38. The molecule has 2 aliphatic heterocycles. The van der Waals surface area contributed by atoms with Crippen molar-refractivity contribution in [2.24, 2.45) is 7.05 Å². The molecule has 9 nitrogen and oxygen atoms in total. The van der Waals surface area contributed by atoms with Crippen LogP contribution in [0.2, 0.25) is 0 Å². The van der Waals surface area contributed by atoms with Crippen molar-refractivity contribution in [2.75, 3.05) is 26.2 Å². The Morgan fingerprint density at radius 2 is 1.88 bits per heavy atom. The van der Waals surface area contributed by atoms with E-state index in [9.17, 15) is 18.0 Å². The highest BCUT2D eigenvalue weighted by Crippen LogP contribution is 2.32. The second-order valence-corrected chi connectivity index (χ2v) is 10.1. The second kappa shape index (κ2) is 12.2. The number of nitrogens with zero attached hydrogens (tertiary/aromatic N) is 4. The summed E-state index contributed by atoms with van der Waals surface area (Å²) in [4.78, 5) is 28.7. The van der Waals surface area contributed by atoms with E-state index in [1.807, 2.05) is 56.8 Å². The number of benzene rings is 1. The number of carbonyl (C=O) groups is 2. The van der Waals surface area contributed by atoms with Crippen LogP contribution in [0.1, 0.15) is 46.2 Å². The minimum absolute atomic E-state index is 0.0885. The molecule has 0 amide bonds. The van der Waals surface area contributed by atoms with Crippen LogP contribution >= 0.6 is 0 Å². The minimum Gasteiger partial charge on any atom is -0.486 e.